The lowest BCUT2D eigenvalue weighted by Crippen LogP contribution is -2.21. The molecule has 0 saturated carbocycles. The molecular formula is C7H13Cl2N. The summed E-state index contributed by atoms with van der Waals surface area (Å²) in [6, 6.07) is 0. The van der Waals surface area contributed by atoms with E-state index in [1.807, 2.05) is 6.08 Å². The largest absolute Gasteiger partial charge is 0.313 e. The first-order valence-electron chi connectivity index (χ1n) is 3.33. The number of hydrogen-bond acceptors (Lipinski definition) is 1. The SMILES string of the molecule is CC(CCl)CNC/C=C/Cl. The standard InChI is InChI=1S/C7H13Cl2N/c1-7(5-9)6-10-4-2-3-8/h2-3,7,10H,4-6H2,1H3/b3-2+. The average Bonchev–Trinajstić information content (AvgIpc) is 1.98. The fraction of sp³-hybridized carbons (Fsp3) is 0.714. The van der Waals surface area contributed by atoms with Crippen molar-refractivity contribution in [2.24, 2.45) is 5.92 Å². The van der Waals surface area contributed by atoms with Gasteiger partial charge in [0, 0.05) is 18.0 Å². The van der Waals surface area contributed by atoms with Crippen molar-refractivity contribution < 1.29 is 0 Å². The maximum atomic E-state index is 5.58. The molecule has 3 heteroatoms. The van der Waals surface area contributed by atoms with Crippen LogP contribution in [-0.2, 0) is 0 Å². The molecule has 1 N–H and O–H groups in total. The van der Waals surface area contributed by atoms with Gasteiger partial charge in [0.25, 0.3) is 0 Å². The van der Waals surface area contributed by atoms with Crippen LogP contribution in [0.1, 0.15) is 6.92 Å². The van der Waals surface area contributed by atoms with E-state index < -0.39 is 0 Å². The van der Waals surface area contributed by atoms with Crippen molar-refractivity contribution in [3.63, 3.8) is 0 Å². The van der Waals surface area contributed by atoms with E-state index in [2.05, 4.69) is 12.2 Å². The predicted octanol–water partition coefficient (Wildman–Crippen LogP) is 2.20. The highest BCUT2D eigenvalue weighted by molar-refractivity contribution is 6.25. The molecule has 60 valence electrons. The first-order chi connectivity index (χ1) is 4.81. The summed E-state index contributed by atoms with van der Waals surface area (Å²) in [5.74, 6) is 1.24. The van der Waals surface area contributed by atoms with Gasteiger partial charge in [-0.3, -0.25) is 0 Å². The molecule has 0 rings (SSSR count). The third kappa shape index (κ3) is 6.40. The topological polar surface area (TPSA) is 12.0 Å². The van der Waals surface area contributed by atoms with Gasteiger partial charge in [-0.2, -0.15) is 0 Å². The number of halogens is 2. The maximum absolute atomic E-state index is 5.58. The zero-order valence-corrected chi connectivity index (χ0v) is 7.62. The molecule has 0 heterocycles. The Labute approximate surface area is 72.4 Å². The van der Waals surface area contributed by atoms with Crippen molar-refractivity contribution in [3.8, 4) is 0 Å². The molecule has 1 atom stereocenters. The Morgan fingerprint density at radius 2 is 2.30 bits per heavy atom. The quantitative estimate of drug-likeness (QED) is 0.507. The molecule has 0 aliphatic rings. The van der Waals surface area contributed by atoms with Crippen LogP contribution in [0.25, 0.3) is 0 Å². The van der Waals surface area contributed by atoms with Crippen molar-refractivity contribution >= 4 is 23.2 Å². The Morgan fingerprint density at radius 1 is 1.60 bits per heavy atom. The van der Waals surface area contributed by atoms with Gasteiger partial charge < -0.3 is 5.32 Å². The van der Waals surface area contributed by atoms with E-state index in [1.54, 1.807) is 0 Å². The molecular weight excluding hydrogens is 169 g/mol. The van der Waals surface area contributed by atoms with Crippen LogP contribution in [0.2, 0.25) is 0 Å². The number of hydrogen-bond donors (Lipinski definition) is 1. The molecule has 0 amide bonds. The van der Waals surface area contributed by atoms with Crippen LogP contribution in [0.3, 0.4) is 0 Å². The average molecular weight is 182 g/mol. The van der Waals surface area contributed by atoms with Gasteiger partial charge >= 0.3 is 0 Å². The minimum atomic E-state index is 0.533. The lowest BCUT2D eigenvalue weighted by atomic mass is 10.2. The number of nitrogens with one attached hydrogen (secondary N) is 1. The van der Waals surface area contributed by atoms with E-state index in [4.69, 9.17) is 23.2 Å². The molecule has 0 aliphatic heterocycles. The lowest BCUT2D eigenvalue weighted by Gasteiger charge is -2.05. The Kier molecular flexibility index (Phi) is 7.59. The minimum absolute atomic E-state index is 0.533. The van der Waals surface area contributed by atoms with E-state index in [0.29, 0.717) is 11.8 Å². The van der Waals surface area contributed by atoms with Crippen LogP contribution < -0.4 is 5.32 Å². The van der Waals surface area contributed by atoms with Crippen LogP contribution in [0, 0.1) is 5.92 Å². The second-order valence-electron chi connectivity index (χ2n) is 2.28. The van der Waals surface area contributed by atoms with Gasteiger partial charge in [-0.1, -0.05) is 24.6 Å². The fourth-order valence-corrected chi connectivity index (χ4v) is 0.710. The van der Waals surface area contributed by atoms with Crippen molar-refractivity contribution in [1.29, 1.82) is 0 Å². The maximum Gasteiger partial charge on any atom is 0.0261 e. The predicted molar refractivity (Wildman–Crippen MR) is 47.7 cm³/mol. The molecule has 10 heavy (non-hydrogen) atoms. The van der Waals surface area contributed by atoms with Gasteiger partial charge in [-0.15, -0.1) is 11.6 Å². The van der Waals surface area contributed by atoms with Gasteiger partial charge in [0.2, 0.25) is 0 Å². The Balaban J connectivity index is 3.03. The molecule has 0 aromatic heterocycles. The molecule has 0 saturated heterocycles. The zero-order chi connectivity index (χ0) is 7.82. The van der Waals surface area contributed by atoms with Crippen molar-refractivity contribution in [2.75, 3.05) is 19.0 Å². The molecule has 1 unspecified atom stereocenters. The molecule has 0 aliphatic carbocycles. The Morgan fingerprint density at radius 3 is 2.80 bits per heavy atom. The number of alkyl halides is 1. The van der Waals surface area contributed by atoms with Gasteiger partial charge in [0.15, 0.2) is 0 Å². The van der Waals surface area contributed by atoms with Crippen molar-refractivity contribution in [3.05, 3.63) is 11.6 Å². The second kappa shape index (κ2) is 7.39. The summed E-state index contributed by atoms with van der Waals surface area (Å²) in [4.78, 5) is 0. The molecule has 0 fully saturated rings. The highest BCUT2D eigenvalue weighted by Crippen LogP contribution is 1.94. The van der Waals surface area contributed by atoms with Crippen molar-refractivity contribution in [2.45, 2.75) is 6.92 Å². The fourth-order valence-electron chi connectivity index (χ4n) is 0.512. The van der Waals surface area contributed by atoms with E-state index in [-0.39, 0.29) is 0 Å². The summed E-state index contributed by atoms with van der Waals surface area (Å²) in [5, 5.41) is 3.18. The van der Waals surface area contributed by atoms with Crippen molar-refractivity contribution in [1.82, 2.24) is 5.32 Å². The zero-order valence-electron chi connectivity index (χ0n) is 6.11. The van der Waals surface area contributed by atoms with E-state index in [1.165, 1.54) is 5.54 Å². The van der Waals surface area contributed by atoms with Crippen LogP contribution in [0.5, 0.6) is 0 Å². The molecule has 1 nitrogen and oxygen atoms in total. The van der Waals surface area contributed by atoms with Gasteiger partial charge in [0.05, 0.1) is 0 Å². The first-order valence-corrected chi connectivity index (χ1v) is 4.30. The van der Waals surface area contributed by atoms with Gasteiger partial charge in [-0.05, 0) is 12.5 Å². The summed E-state index contributed by atoms with van der Waals surface area (Å²) in [6.45, 7) is 3.87. The summed E-state index contributed by atoms with van der Waals surface area (Å²) in [6.07, 6.45) is 1.86. The molecule has 0 aromatic rings. The van der Waals surface area contributed by atoms with Crippen LogP contribution in [-0.4, -0.2) is 19.0 Å². The van der Waals surface area contributed by atoms with E-state index >= 15 is 0 Å². The summed E-state index contributed by atoms with van der Waals surface area (Å²) >= 11 is 10.9. The smallest absolute Gasteiger partial charge is 0.0261 e. The van der Waals surface area contributed by atoms with Crippen LogP contribution in [0.15, 0.2) is 11.6 Å². The minimum Gasteiger partial charge on any atom is -0.313 e. The molecule has 0 radical (unpaired) electrons. The Bertz CT molecular complexity index is 93.6. The van der Waals surface area contributed by atoms with E-state index in [0.717, 1.165) is 13.1 Å². The summed E-state index contributed by atoms with van der Waals surface area (Å²) in [5.41, 5.74) is 1.51. The normalized spacial score (nSPS) is 14.3. The molecule has 0 spiro atoms. The lowest BCUT2D eigenvalue weighted by molar-refractivity contribution is 0.582. The molecule has 0 bridgehead atoms. The second-order valence-corrected chi connectivity index (χ2v) is 2.84. The third-order valence-electron chi connectivity index (χ3n) is 1.11. The Hall–Kier alpha value is 0.280. The van der Waals surface area contributed by atoms with Crippen LogP contribution in [0.4, 0.5) is 0 Å². The van der Waals surface area contributed by atoms with E-state index in [9.17, 15) is 0 Å². The van der Waals surface area contributed by atoms with Gasteiger partial charge in [-0.25, -0.2) is 0 Å². The summed E-state index contributed by atoms with van der Waals surface area (Å²) < 4.78 is 0. The van der Waals surface area contributed by atoms with Crippen LogP contribution >= 0.6 is 23.2 Å². The summed E-state index contributed by atoms with van der Waals surface area (Å²) in [7, 11) is 0. The molecule has 0 aromatic carbocycles. The third-order valence-corrected chi connectivity index (χ3v) is 1.81. The monoisotopic (exact) mass is 181 g/mol. The first kappa shape index (κ1) is 10.3. The highest BCUT2D eigenvalue weighted by atomic mass is 35.5. The number of rotatable bonds is 5. The highest BCUT2D eigenvalue weighted by Gasteiger charge is 1.95. The van der Waals surface area contributed by atoms with Gasteiger partial charge in [0.1, 0.15) is 0 Å².